The highest BCUT2D eigenvalue weighted by Gasteiger charge is 2.31. The Bertz CT molecular complexity index is 210. The maximum atomic E-state index is 11.3. The molecule has 3 nitrogen and oxygen atoms in total. The lowest BCUT2D eigenvalue weighted by Crippen LogP contribution is -2.14. The van der Waals surface area contributed by atoms with Crippen molar-refractivity contribution >= 4 is 18.2 Å². The molecule has 1 aliphatic heterocycles. The molecule has 0 saturated carbocycles. The van der Waals surface area contributed by atoms with Gasteiger partial charge in [0.2, 0.25) is 0 Å². The summed E-state index contributed by atoms with van der Waals surface area (Å²) in [4.78, 5) is 0. The van der Waals surface area contributed by atoms with Crippen LogP contribution in [-0.4, -0.2) is 19.5 Å². The Hall–Kier alpha value is 0.0600. The van der Waals surface area contributed by atoms with Crippen LogP contribution in [-0.2, 0) is 13.6 Å². The zero-order chi connectivity index (χ0) is 8.32. The summed E-state index contributed by atoms with van der Waals surface area (Å²) in [6, 6.07) is 0. The molecular weight excluding hydrogens is 183 g/mol. The third kappa shape index (κ3) is 2.25. The van der Waals surface area contributed by atoms with Crippen LogP contribution >= 0.6 is 18.2 Å². The van der Waals surface area contributed by atoms with E-state index in [0.29, 0.717) is 12.4 Å². The standard InChI is InChI=1S/C6H9O3PS/c1-3-6-4-9-10(7,8-2)11-5-6/h1,6H,4-5H2,2H3. The van der Waals surface area contributed by atoms with Gasteiger partial charge in [-0.05, 0) is 11.4 Å². The van der Waals surface area contributed by atoms with Gasteiger partial charge < -0.3 is 4.52 Å². The molecule has 62 valence electrons. The molecule has 1 rings (SSSR count). The van der Waals surface area contributed by atoms with Crippen molar-refractivity contribution in [1.82, 2.24) is 0 Å². The van der Waals surface area contributed by atoms with Crippen molar-refractivity contribution in [2.75, 3.05) is 19.5 Å². The second-order valence-corrected chi connectivity index (χ2v) is 6.31. The number of hydrogen-bond acceptors (Lipinski definition) is 4. The highest BCUT2D eigenvalue weighted by atomic mass is 32.7. The maximum absolute atomic E-state index is 11.3. The first-order valence-electron chi connectivity index (χ1n) is 3.11. The van der Waals surface area contributed by atoms with Crippen molar-refractivity contribution in [3.05, 3.63) is 0 Å². The Morgan fingerprint density at radius 3 is 3.00 bits per heavy atom. The molecule has 1 saturated heterocycles. The van der Waals surface area contributed by atoms with Gasteiger partial charge >= 0.3 is 6.80 Å². The van der Waals surface area contributed by atoms with E-state index in [-0.39, 0.29) is 5.92 Å². The average molecular weight is 192 g/mol. The smallest absolute Gasteiger partial charge is 0.304 e. The molecule has 1 aliphatic rings. The molecular formula is C6H9O3PS. The summed E-state index contributed by atoms with van der Waals surface area (Å²) in [7, 11) is 1.38. The molecule has 0 radical (unpaired) electrons. The van der Waals surface area contributed by atoms with E-state index in [1.807, 2.05) is 0 Å². The molecule has 1 heterocycles. The quantitative estimate of drug-likeness (QED) is 0.468. The van der Waals surface area contributed by atoms with E-state index in [2.05, 4.69) is 5.92 Å². The van der Waals surface area contributed by atoms with E-state index in [1.165, 1.54) is 18.5 Å². The van der Waals surface area contributed by atoms with Crippen LogP contribution in [0.5, 0.6) is 0 Å². The number of hydrogen-bond donors (Lipinski definition) is 0. The van der Waals surface area contributed by atoms with Gasteiger partial charge in [-0.2, -0.15) is 0 Å². The topological polar surface area (TPSA) is 35.5 Å². The van der Waals surface area contributed by atoms with Crippen molar-refractivity contribution < 1.29 is 13.6 Å². The largest absolute Gasteiger partial charge is 0.388 e. The first kappa shape index (κ1) is 9.15. The summed E-state index contributed by atoms with van der Waals surface area (Å²) in [6.45, 7) is -2.48. The molecule has 1 fully saturated rings. The summed E-state index contributed by atoms with van der Waals surface area (Å²) in [6.07, 6.45) is 5.16. The minimum Gasteiger partial charge on any atom is -0.304 e. The lowest BCUT2D eigenvalue weighted by atomic mass is 10.2. The van der Waals surface area contributed by atoms with Gasteiger partial charge in [0.1, 0.15) is 0 Å². The number of rotatable bonds is 1. The summed E-state index contributed by atoms with van der Waals surface area (Å²) >= 11 is 1.17. The Morgan fingerprint density at radius 1 is 1.91 bits per heavy atom. The van der Waals surface area contributed by atoms with Crippen LogP contribution in [0.15, 0.2) is 0 Å². The minimum absolute atomic E-state index is 0.0669. The SMILES string of the molecule is C#CC1COP(=O)(OC)SC1. The minimum atomic E-state index is -2.82. The van der Waals surface area contributed by atoms with Gasteiger partial charge in [-0.25, -0.2) is 4.57 Å². The van der Waals surface area contributed by atoms with E-state index in [1.54, 1.807) is 0 Å². The summed E-state index contributed by atoms with van der Waals surface area (Å²) in [5, 5.41) is 0. The molecule has 0 amide bonds. The van der Waals surface area contributed by atoms with E-state index >= 15 is 0 Å². The third-order valence-electron chi connectivity index (χ3n) is 1.33. The zero-order valence-electron chi connectivity index (χ0n) is 6.15. The predicted octanol–water partition coefficient (Wildman–Crippen LogP) is 1.75. The van der Waals surface area contributed by atoms with E-state index in [0.717, 1.165) is 0 Å². The van der Waals surface area contributed by atoms with Crippen molar-refractivity contribution in [2.24, 2.45) is 5.92 Å². The molecule has 2 unspecified atom stereocenters. The average Bonchev–Trinajstić information content (AvgIpc) is 2.06. The van der Waals surface area contributed by atoms with Gasteiger partial charge in [-0.15, -0.1) is 12.3 Å². The fraction of sp³-hybridized carbons (Fsp3) is 0.667. The zero-order valence-corrected chi connectivity index (χ0v) is 7.86. The molecule has 5 heteroatoms. The van der Waals surface area contributed by atoms with Gasteiger partial charge in [-0.3, -0.25) is 4.52 Å². The Morgan fingerprint density at radius 2 is 2.64 bits per heavy atom. The van der Waals surface area contributed by atoms with Gasteiger partial charge in [0.25, 0.3) is 0 Å². The highest BCUT2D eigenvalue weighted by Crippen LogP contribution is 2.62. The fourth-order valence-corrected chi connectivity index (χ4v) is 3.66. The van der Waals surface area contributed by atoms with Crippen LogP contribution in [0.3, 0.4) is 0 Å². The predicted molar refractivity (Wildman–Crippen MR) is 45.3 cm³/mol. The van der Waals surface area contributed by atoms with Crippen LogP contribution in [0.25, 0.3) is 0 Å². The molecule has 0 aromatic rings. The molecule has 11 heavy (non-hydrogen) atoms. The van der Waals surface area contributed by atoms with Crippen molar-refractivity contribution in [1.29, 1.82) is 0 Å². The van der Waals surface area contributed by atoms with Crippen molar-refractivity contribution in [3.63, 3.8) is 0 Å². The normalized spacial score (nSPS) is 38.0. The summed E-state index contributed by atoms with van der Waals surface area (Å²) in [5.41, 5.74) is 0. The lowest BCUT2D eigenvalue weighted by molar-refractivity contribution is 0.230. The molecule has 0 bridgehead atoms. The van der Waals surface area contributed by atoms with Crippen LogP contribution < -0.4 is 0 Å². The number of terminal acetylenes is 1. The van der Waals surface area contributed by atoms with Crippen molar-refractivity contribution in [2.45, 2.75) is 0 Å². The third-order valence-corrected chi connectivity index (χ3v) is 5.27. The second-order valence-electron chi connectivity index (χ2n) is 2.08. The summed E-state index contributed by atoms with van der Waals surface area (Å²) in [5.74, 6) is 3.26. The Balaban J connectivity index is 2.49. The van der Waals surface area contributed by atoms with Crippen molar-refractivity contribution in [3.8, 4) is 12.3 Å². The second kappa shape index (κ2) is 3.64. The molecule has 0 N–H and O–H groups in total. The van der Waals surface area contributed by atoms with Gasteiger partial charge in [0.15, 0.2) is 0 Å². The van der Waals surface area contributed by atoms with E-state index in [4.69, 9.17) is 15.5 Å². The molecule has 0 aromatic heterocycles. The first-order valence-corrected chi connectivity index (χ1v) is 6.24. The maximum Gasteiger partial charge on any atom is 0.388 e. The highest BCUT2D eigenvalue weighted by molar-refractivity contribution is 8.55. The fourth-order valence-electron chi connectivity index (χ4n) is 0.650. The van der Waals surface area contributed by atoms with Gasteiger partial charge in [0.05, 0.1) is 12.5 Å². The van der Waals surface area contributed by atoms with Crippen LogP contribution in [0.1, 0.15) is 0 Å². The Kier molecular flexibility index (Phi) is 3.03. The molecule has 0 spiro atoms. The first-order chi connectivity index (χ1) is 5.20. The lowest BCUT2D eigenvalue weighted by Gasteiger charge is -2.23. The molecule has 2 atom stereocenters. The molecule has 0 aliphatic carbocycles. The van der Waals surface area contributed by atoms with Gasteiger partial charge in [-0.1, -0.05) is 0 Å². The van der Waals surface area contributed by atoms with Crippen LogP contribution in [0.2, 0.25) is 0 Å². The molecule has 0 aromatic carbocycles. The Labute approximate surface area is 70.1 Å². The van der Waals surface area contributed by atoms with Gasteiger partial charge in [0, 0.05) is 12.9 Å². The van der Waals surface area contributed by atoms with Crippen LogP contribution in [0, 0.1) is 18.3 Å². The monoisotopic (exact) mass is 192 g/mol. The van der Waals surface area contributed by atoms with E-state index in [9.17, 15) is 4.57 Å². The van der Waals surface area contributed by atoms with E-state index < -0.39 is 6.80 Å². The van der Waals surface area contributed by atoms with Crippen LogP contribution in [0.4, 0.5) is 0 Å². The summed E-state index contributed by atoms with van der Waals surface area (Å²) < 4.78 is 21.0.